The molecule has 34 heavy (non-hydrogen) atoms. The second kappa shape index (κ2) is 12.7. The number of nitro benzene ring substituents is 1. The first kappa shape index (κ1) is 26.8. The summed E-state index contributed by atoms with van der Waals surface area (Å²) in [6, 6.07) is 12.4. The van der Waals surface area contributed by atoms with E-state index in [4.69, 9.17) is 14.2 Å². The number of esters is 1. The molecule has 184 valence electrons. The highest BCUT2D eigenvalue weighted by molar-refractivity contribution is 7.58. The van der Waals surface area contributed by atoms with Gasteiger partial charge in [-0.25, -0.2) is 4.79 Å². The Morgan fingerprint density at radius 2 is 1.88 bits per heavy atom. The number of rotatable bonds is 12. The lowest BCUT2D eigenvalue weighted by Crippen LogP contribution is -2.28. The number of nitrogens with one attached hydrogen (secondary N) is 1. The van der Waals surface area contributed by atoms with E-state index in [0.717, 1.165) is 11.6 Å². The molecule has 0 aromatic heterocycles. The molecule has 2 atom stereocenters. The monoisotopic (exact) mass is 496 g/mol. The summed E-state index contributed by atoms with van der Waals surface area (Å²) in [5.41, 5.74) is 0.200. The number of nitrogens with zero attached hydrogens (tertiary/aromatic N) is 1. The van der Waals surface area contributed by atoms with E-state index in [9.17, 15) is 34.3 Å². The molecule has 0 saturated heterocycles. The number of hydrogen-bond donors (Lipinski definition) is 3. The van der Waals surface area contributed by atoms with Crippen molar-refractivity contribution in [3.05, 3.63) is 69.8 Å². The maximum absolute atomic E-state index is 12.5. The Kier molecular flexibility index (Phi) is 9.99. The molecule has 0 bridgehead atoms. The fourth-order valence-corrected chi connectivity index (χ4v) is 4.32. The van der Waals surface area contributed by atoms with Crippen LogP contribution in [-0.4, -0.2) is 47.0 Å². The molecule has 2 rings (SSSR count). The van der Waals surface area contributed by atoms with Crippen LogP contribution in [0.5, 0.6) is 5.75 Å². The van der Waals surface area contributed by atoms with E-state index in [1.807, 2.05) is 6.07 Å². The van der Waals surface area contributed by atoms with Gasteiger partial charge < -0.3 is 24.2 Å². The number of carbonyl (C=O) groups is 2. The van der Waals surface area contributed by atoms with Crippen LogP contribution >= 0.6 is 7.37 Å². The first-order chi connectivity index (χ1) is 16.1. The third-order valence-electron chi connectivity index (χ3n) is 4.60. The maximum Gasteiger partial charge on any atom is 0.410 e. The van der Waals surface area contributed by atoms with E-state index < -0.39 is 48.8 Å². The minimum atomic E-state index is -4.22. The zero-order valence-electron chi connectivity index (χ0n) is 18.3. The molecule has 2 unspecified atom stereocenters. The van der Waals surface area contributed by atoms with Crippen LogP contribution in [0.25, 0.3) is 0 Å². The molecule has 0 heterocycles. The van der Waals surface area contributed by atoms with Crippen LogP contribution in [0.15, 0.2) is 48.5 Å². The van der Waals surface area contributed by atoms with Crippen molar-refractivity contribution in [2.45, 2.75) is 25.3 Å². The van der Waals surface area contributed by atoms with E-state index in [1.165, 1.54) is 19.2 Å². The molecule has 0 radical (unpaired) electrons. The fourth-order valence-electron chi connectivity index (χ4n) is 2.84. The third-order valence-corrected chi connectivity index (χ3v) is 6.62. The average Bonchev–Trinajstić information content (AvgIpc) is 2.82. The molecule has 3 N–H and O–H groups in total. The summed E-state index contributed by atoms with van der Waals surface area (Å²) >= 11 is 0. The number of carbonyl (C=O) groups excluding carboxylic acids is 2. The topological polar surface area (TPSA) is 175 Å². The number of hydrogen-bond acceptors (Lipinski definition) is 9. The van der Waals surface area contributed by atoms with Crippen LogP contribution in [0.4, 0.5) is 10.5 Å². The summed E-state index contributed by atoms with van der Waals surface area (Å²) in [7, 11) is -2.99. The van der Waals surface area contributed by atoms with Gasteiger partial charge in [-0.05, 0) is 23.6 Å². The van der Waals surface area contributed by atoms with Gasteiger partial charge in [0, 0.05) is 18.6 Å². The van der Waals surface area contributed by atoms with Gasteiger partial charge in [0.1, 0.15) is 6.61 Å². The van der Waals surface area contributed by atoms with Crippen molar-refractivity contribution in [2.24, 2.45) is 0 Å². The van der Waals surface area contributed by atoms with Crippen molar-refractivity contribution < 1.29 is 43.3 Å². The molecule has 1 amide bonds. The van der Waals surface area contributed by atoms with Crippen LogP contribution in [0.2, 0.25) is 0 Å². The van der Waals surface area contributed by atoms with Crippen LogP contribution in [0.3, 0.4) is 0 Å². The number of benzene rings is 2. The highest BCUT2D eigenvalue weighted by Crippen LogP contribution is 2.55. The second-order valence-corrected chi connectivity index (χ2v) is 9.49. The number of nitro groups is 1. The molecular weight excluding hydrogens is 471 g/mol. The molecule has 0 spiro atoms. The number of alkyl carbamates (subject to hydrolysis) is 1. The molecule has 2 aromatic rings. The summed E-state index contributed by atoms with van der Waals surface area (Å²) in [6.07, 6.45) is -1.57. The predicted molar refractivity (Wildman–Crippen MR) is 119 cm³/mol. The average molecular weight is 496 g/mol. The summed E-state index contributed by atoms with van der Waals surface area (Å²) in [5, 5.41) is 23.6. The van der Waals surface area contributed by atoms with Gasteiger partial charge >= 0.3 is 17.7 Å². The normalized spacial score (nSPS) is 13.3. The quantitative estimate of drug-likeness (QED) is 0.130. The Labute approximate surface area is 195 Å². The minimum absolute atomic E-state index is 0.0477. The number of amides is 1. The van der Waals surface area contributed by atoms with Crippen molar-refractivity contribution in [3.63, 3.8) is 0 Å². The Hall–Kier alpha value is -3.47. The van der Waals surface area contributed by atoms with E-state index in [0.29, 0.717) is 0 Å². The number of methoxy groups -OCH3 is 1. The molecule has 0 aliphatic carbocycles. The highest BCUT2D eigenvalue weighted by atomic mass is 31.2. The van der Waals surface area contributed by atoms with Crippen molar-refractivity contribution in [3.8, 4) is 5.75 Å². The van der Waals surface area contributed by atoms with Gasteiger partial charge in [0.25, 0.3) is 0 Å². The zero-order valence-corrected chi connectivity index (χ0v) is 19.2. The van der Waals surface area contributed by atoms with Crippen molar-refractivity contribution >= 4 is 25.1 Å². The van der Waals surface area contributed by atoms with Crippen molar-refractivity contribution in [2.75, 3.05) is 20.0 Å². The van der Waals surface area contributed by atoms with Crippen molar-refractivity contribution in [1.82, 2.24) is 5.32 Å². The molecule has 0 fully saturated rings. The maximum atomic E-state index is 12.5. The molecule has 0 aliphatic heterocycles. The van der Waals surface area contributed by atoms with Crippen LogP contribution < -0.4 is 10.1 Å². The minimum Gasteiger partial charge on any atom is -0.490 e. The van der Waals surface area contributed by atoms with Gasteiger partial charge in [-0.3, -0.25) is 24.8 Å². The zero-order chi connectivity index (χ0) is 25.1. The van der Waals surface area contributed by atoms with Crippen LogP contribution in [-0.2, 0) is 25.4 Å². The van der Waals surface area contributed by atoms with Gasteiger partial charge in [0.15, 0.2) is 18.3 Å². The molecular formula is C21H25N2O10P. The lowest BCUT2D eigenvalue weighted by Gasteiger charge is -2.18. The summed E-state index contributed by atoms with van der Waals surface area (Å²) in [5.74, 6) is -2.68. The Bertz CT molecular complexity index is 1050. The largest absolute Gasteiger partial charge is 0.490 e. The standard InChI is InChI=1S/C21H25N2O10P/c1-31-18-10-9-16(12-17(18)23(27)28)20(25)34(29,30)11-5-8-19(24)33-14-22-21(26)32-13-15-6-3-2-4-7-15/h2-4,6-7,9-10,12,20,25H,5,8,11,13-14H2,1H3,(H,22,26)(H,29,30). The van der Waals surface area contributed by atoms with Crippen molar-refractivity contribution in [1.29, 1.82) is 0 Å². The number of aliphatic hydroxyl groups excluding tert-OH is 1. The third kappa shape index (κ3) is 8.14. The predicted octanol–water partition coefficient (Wildman–Crippen LogP) is 3.07. The molecule has 13 heteroatoms. The van der Waals surface area contributed by atoms with E-state index in [1.54, 1.807) is 24.3 Å². The summed E-state index contributed by atoms with van der Waals surface area (Å²) in [4.78, 5) is 43.9. The smallest absolute Gasteiger partial charge is 0.410 e. The molecule has 12 nitrogen and oxygen atoms in total. The Morgan fingerprint density at radius 3 is 2.53 bits per heavy atom. The van der Waals surface area contributed by atoms with Gasteiger partial charge in [0.2, 0.25) is 7.37 Å². The van der Waals surface area contributed by atoms with Crippen LogP contribution in [0, 0.1) is 10.1 Å². The van der Waals surface area contributed by atoms with E-state index >= 15 is 0 Å². The van der Waals surface area contributed by atoms with Gasteiger partial charge in [-0.2, -0.15) is 0 Å². The Morgan fingerprint density at radius 1 is 1.18 bits per heavy atom. The van der Waals surface area contributed by atoms with E-state index in [-0.39, 0.29) is 30.8 Å². The molecule has 2 aromatic carbocycles. The SMILES string of the molecule is COc1ccc(C(O)P(=O)(O)CCCC(=O)OCNC(=O)OCc2ccccc2)cc1[N+](=O)[O-]. The lowest BCUT2D eigenvalue weighted by molar-refractivity contribution is -0.385. The van der Waals surface area contributed by atoms with Crippen LogP contribution in [0.1, 0.15) is 29.8 Å². The highest BCUT2D eigenvalue weighted by Gasteiger charge is 2.32. The number of aliphatic hydroxyl groups is 1. The first-order valence-electron chi connectivity index (χ1n) is 10.1. The van der Waals surface area contributed by atoms with Gasteiger partial charge in [0.05, 0.1) is 12.0 Å². The fraction of sp³-hybridized carbons (Fsp3) is 0.333. The Balaban J connectivity index is 1.74. The first-order valence-corrected chi connectivity index (χ1v) is 12.0. The second-order valence-electron chi connectivity index (χ2n) is 7.04. The summed E-state index contributed by atoms with van der Waals surface area (Å²) < 4.78 is 27.1. The summed E-state index contributed by atoms with van der Waals surface area (Å²) in [6.45, 7) is -0.395. The molecule has 0 saturated carbocycles. The van der Waals surface area contributed by atoms with E-state index in [2.05, 4.69) is 5.32 Å². The van der Waals surface area contributed by atoms with Gasteiger partial charge in [-0.1, -0.05) is 36.4 Å². The lowest BCUT2D eigenvalue weighted by atomic mass is 10.2. The molecule has 0 aliphatic rings. The number of ether oxygens (including phenoxy) is 3. The van der Waals surface area contributed by atoms with Gasteiger partial charge in [-0.15, -0.1) is 0 Å².